The largest absolute Gasteiger partial charge is 0.493 e. The molecule has 0 N–H and O–H groups in total. The highest BCUT2D eigenvalue weighted by atomic mass is 16.5. The van der Waals surface area contributed by atoms with Crippen LogP contribution in [0.1, 0.15) is 39.5 Å². The predicted molar refractivity (Wildman–Crippen MR) is 128 cm³/mol. The highest BCUT2D eigenvalue weighted by molar-refractivity contribution is 6.00. The maximum atomic E-state index is 13.6. The van der Waals surface area contributed by atoms with Crippen molar-refractivity contribution in [1.29, 1.82) is 0 Å². The van der Waals surface area contributed by atoms with E-state index in [-0.39, 0.29) is 36.7 Å². The van der Waals surface area contributed by atoms with E-state index >= 15 is 0 Å². The number of carbonyl (C=O) groups is 3. The number of likely N-dealkylation sites (N-methyl/N-ethyl adjacent to an activating group) is 1. The van der Waals surface area contributed by atoms with E-state index in [1.165, 1.54) is 0 Å². The van der Waals surface area contributed by atoms with Crippen molar-refractivity contribution in [1.82, 2.24) is 9.80 Å². The van der Waals surface area contributed by atoms with Crippen LogP contribution in [-0.2, 0) is 19.1 Å². The summed E-state index contributed by atoms with van der Waals surface area (Å²) < 4.78 is 15.7. The van der Waals surface area contributed by atoms with Gasteiger partial charge in [0, 0.05) is 43.9 Å². The first-order valence-electron chi connectivity index (χ1n) is 12.1. The molecule has 0 saturated carbocycles. The van der Waals surface area contributed by atoms with Crippen LogP contribution in [0.4, 0.5) is 5.69 Å². The quantitative estimate of drug-likeness (QED) is 0.454. The minimum absolute atomic E-state index is 0.0800. The van der Waals surface area contributed by atoms with Gasteiger partial charge in [-0.1, -0.05) is 6.92 Å². The molecule has 2 unspecified atom stereocenters. The standard InChI is InChI=1S/C25H37N3O6/c1-5-26-12-7-8-20(26)17-27(13-11-24(30)34-6-2)25(31)18-14-23(29)28(16-18)19-9-10-21(32-3)22(15-19)33-4/h9-10,15,18,20H,5-8,11-14,16-17H2,1-4H3. The molecule has 3 rings (SSSR count). The molecule has 0 aliphatic carbocycles. The first kappa shape index (κ1) is 25.8. The Balaban J connectivity index is 1.73. The number of anilines is 1. The zero-order valence-corrected chi connectivity index (χ0v) is 20.7. The molecule has 2 saturated heterocycles. The van der Waals surface area contributed by atoms with Crippen LogP contribution >= 0.6 is 0 Å². The monoisotopic (exact) mass is 475 g/mol. The van der Waals surface area contributed by atoms with E-state index in [0.717, 1.165) is 25.9 Å². The van der Waals surface area contributed by atoms with Crippen molar-refractivity contribution in [3.8, 4) is 11.5 Å². The van der Waals surface area contributed by atoms with E-state index in [4.69, 9.17) is 14.2 Å². The Bertz CT molecular complexity index is 876. The van der Waals surface area contributed by atoms with Gasteiger partial charge in [0.1, 0.15) is 0 Å². The average Bonchev–Trinajstić information content (AvgIpc) is 3.46. The van der Waals surface area contributed by atoms with E-state index in [9.17, 15) is 14.4 Å². The Labute approximate surface area is 201 Å². The molecule has 9 nitrogen and oxygen atoms in total. The lowest BCUT2D eigenvalue weighted by Gasteiger charge is -2.31. The van der Waals surface area contributed by atoms with Crippen molar-refractivity contribution in [3.05, 3.63) is 18.2 Å². The number of amides is 2. The Morgan fingerprint density at radius 3 is 2.59 bits per heavy atom. The number of likely N-dealkylation sites (tertiary alicyclic amines) is 1. The number of esters is 1. The van der Waals surface area contributed by atoms with Crippen LogP contribution < -0.4 is 14.4 Å². The molecule has 0 radical (unpaired) electrons. The highest BCUT2D eigenvalue weighted by Gasteiger charge is 2.38. The minimum atomic E-state index is -0.459. The van der Waals surface area contributed by atoms with Gasteiger partial charge in [0.25, 0.3) is 0 Å². The normalized spacial score (nSPS) is 20.5. The summed E-state index contributed by atoms with van der Waals surface area (Å²) in [5, 5.41) is 0. The van der Waals surface area contributed by atoms with Crippen molar-refractivity contribution >= 4 is 23.5 Å². The summed E-state index contributed by atoms with van der Waals surface area (Å²) in [5.41, 5.74) is 0.670. The SMILES string of the molecule is CCOC(=O)CCN(CC1CCCN1CC)C(=O)C1CC(=O)N(c2ccc(OC)c(OC)c2)C1. The highest BCUT2D eigenvalue weighted by Crippen LogP contribution is 2.34. The number of ether oxygens (including phenoxy) is 3. The third-order valence-corrected chi connectivity index (χ3v) is 6.69. The molecule has 2 aliphatic heterocycles. The van der Waals surface area contributed by atoms with Crippen molar-refractivity contribution in [2.45, 2.75) is 45.6 Å². The number of hydrogen-bond acceptors (Lipinski definition) is 7. The number of rotatable bonds is 11. The van der Waals surface area contributed by atoms with Crippen molar-refractivity contribution in [3.63, 3.8) is 0 Å². The molecule has 0 bridgehead atoms. The number of benzene rings is 1. The van der Waals surface area contributed by atoms with Crippen LogP contribution in [0.15, 0.2) is 18.2 Å². The van der Waals surface area contributed by atoms with Crippen LogP contribution in [-0.4, -0.2) is 87.2 Å². The van der Waals surface area contributed by atoms with E-state index in [2.05, 4.69) is 11.8 Å². The zero-order valence-electron chi connectivity index (χ0n) is 20.7. The second-order valence-electron chi connectivity index (χ2n) is 8.71. The average molecular weight is 476 g/mol. The molecule has 0 aromatic heterocycles. The van der Waals surface area contributed by atoms with Gasteiger partial charge in [-0.15, -0.1) is 0 Å². The maximum Gasteiger partial charge on any atom is 0.307 e. The third-order valence-electron chi connectivity index (χ3n) is 6.69. The molecule has 0 spiro atoms. The second kappa shape index (κ2) is 12.1. The summed E-state index contributed by atoms with van der Waals surface area (Å²) >= 11 is 0. The molecule has 2 heterocycles. The molecule has 2 fully saturated rings. The van der Waals surface area contributed by atoms with Crippen molar-refractivity contribution in [2.24, 2.45) is 5.92 Å². The Morgan fingerprint density at radius 2 is 1.91 bits per heavy atom. The number of hydrogen-bond donors (Lipinski definition) is 0. The van der Waals surface area contributed by atoms with E-state index in [0.29, 0.717) is 43.4 Å². The summed E-state index contributed by atoms with van der Waals surface area (Å²) in [5.74, 6) is 0.149. The summed E-state index contributed by atoms with van der Waals surface area (Å²) in [4.78, 5) is 44.2. The van der Waals surface area contributed by atoms with Crippen molar-refractivity contribution in [2.75, 3.05) is 58.5 Å². The Kier molecular flexibility index (Phi) is 9.15. The van der Waals surface area contributed by atoms with Crippen LogP contribution in [0.5, 0.6) is 11.5 Å². The smallest absolute Gasteiger partial charge is 0.307 e. The number of methoxy groups -OCH3 is 2. The van der Waals surface area contributed by atoms with Gasteiger partial charge in [-0.25, -0.2) is 0 Å². The first-order chi connectivity index (χ1) is 16.4. The predicted octanol–water partition coefficient (Wildman–Crippen LogP) is 2.32. The minimum Gasteiger partial charge on any atom is -0.493 e. The molecule has 34 heavy (non-hydrogen) atoms. The van der Waals surface area contributed by atoms with Gasteiger partial charge in [-0.05, 0) is 45.0 Å². The van der Waals surface area contributed by atoms with Crippen LogP contribution in [0.25, 0.3) is 0 Å². The van der Waals surface area contributed by atoms with Crippen LogP contribution in [0, 0.1) is 5.92 Å². The zero-order chi connectivity index (χ0) is 24.7. The number of carbonyl (C=O) groups excluding carboxylic acids is 3. The van der Waals surface area contributed by atoms with Gasteiger partial charge >= 0.3 is 5.97 Å². The lowest BCUT2D eigenvalue weighted by Crippen LogP contribution is -2.46. The van der Waals surface area contributed by atoms with Gasteiger partial charge in [0.15, 0.2) is 11.5 Å². The Hall–Kier alpha value is -2.81. The summed E-state index contributed by atoms with van der Waals surface area (Å²) in [6.07, 6.45) is 2.43. The first-order valence-corrected chi connectivity index (χ1v) is 12.1. The molecule has 2 amide bonds. The summed E-state index contributed by atoms with van der Waals surface area (Å²) in [6.45, 7) is 7.32. The molecule has 2 aliphatic rings. The lowest BCUT2D eigenvalue weighted by molar-refractivity contribution is -0.144. The molecule has 2 atom stereocenters. The topological polar surface area (TPSA) is 88.6 Å². The summed E-state index contributed by atoms with van der Waals surface area (Å²) in [7, 11) is 3.10. The molecular formula is C25H37N3O6. The molecular weight excluding hydrogens is 438 g/mol. The van der Waals surface area contributed by atoms with Gasteiger partial charge < -0.3 is 24.0 Å². The Morgan fingerprint density at radius 1 is 1.15 bits per heavy atom. The fraction of sp³-hybridized carbons (Fsp3) is 0.640. The lowest BCUT2D eigenvalue weighted by atomic mass is 10.1. The van der Waals surface area contributed by atoms with Crippen LogP contribution in [0.2, 0.25) is 0 Å². The van der Waals surface area contributed by atoms with Gasteiger partial charge in [-0.2, -0.15) is 0 Å². The van der Waals surface area contributed by atoms with E-state index in [1.54, 1.807) is 49.1 Å². The fourth-order valence-corrected chi connectivity index (χ4v) is 4.90. The third kappa shape index (κ3) is 6.00. The molecule has 188 valence electrons. The van der Waals surface area contributed by atoms with E-state index in [1.807, 2.05) is 0 Å². The fourth-order valence-electron chi connectivity index (χ4n) is 4.90. The second-order valence-corrected chi connectivity index (χ2v) is 8.71. The maximum absolute atomic E-state index is 13.6. The molecule has 9 heteroatoms. The van der Waals surface area contributed by atoms with Gasteiger partial charge in [-0.3, -0.25) is 19.3 Å². The summed E-state index contributed by atoms with van der Waals surface area (Å²) in [6, 6.07) is 5.57. The van der Waals surface area contributed by atoms with Crippen molar-refractivity contribution < 1.29 is 28.6 Å². The van der Waals surface area contributed by atoms with Crippen LogP contribution in [0.3, 0.4) is 0 Å². The molecule has 1 aromatic rings. The number of nitrogens with zero attached hydrogens (tertiary/aromatic N) is 3. The van der Waals surface area contributed by atoms with Gasteiger partial charge in [0.05, 0.1) is 33.2 Å². The van der Waals surface area contributed by atoms with E-state index < -0.39 is 5.92 Å². The molecule has 1 aromatic carbocycles. The van der Waals surface area contributed by atoms with Gasteiger partial charge in [0.2, 0.25) is 11.8 Å².